The zero-order valence-electron chi connectivity index (χ0n) is 8.60. The summed E-state index contributed by atoms with van der Waals surface area (Å²) < 4.78 is 0. The van der Waals surface area contributed by atoms with Gasteiger partial charge < -0.3 is 15.1 Å². The first kappa shape index (κ1) is 13.8. The third-order valence-electron chi connectivity index (χ3n) is 1.49. The molecule has 0 saturated carbocycles. The first-order valence-electron chi connectivity index (χ1n) is 4.50. The van der Waals surface area contributed by atoms with Crippen molar-refractivity contribution in [2.24, 2.45) is 0 Å². The molecule has 0 aromatic rings. The minimum atomic E-state index is -0.646. The number of carbonyl (C=O) groups is 2. The molecule has 0 spiro atoms. The number of hydrogen-bond donors (Lipinski definition) is 3. The van der Waals surface area contributed by atoms with Crippen molar-refractivity contribution < 1.29 is 24.6 Å². The quantitative estimate of drug-likeness (QED) is 0.442. The summed E-state index contributed by atoms with van der Waals surface area (Å²) in [6.07, 6.45) is 0. The van der Waals surface area contributed by atoms with Crippen LogP contribution in [0.25, 0.3) is 0 Å². The number of amides is 1. The molecular weight excluding hydrogens is 204 g/mol. The molecule has 0 fully saturated rings. The van der Waals surface area contributed by atoms with Crippen molar-refractivity contribution >= 4 is 11.9 Å². The predicted molar refractivity (Wildman–Crippen MR) is 50.5 cm³/mol. The van der Waals surface area contributed by atoms with E-state index in [1.54, 1.807) is 0 Å². The van der Waals surface area contributed by atoms with Crippen molar-refractivity contribution in [2.75, 3.05) is 32.8 Å². The van der Waals surface area contributed by atoms with Crippen LogP contribution in [0.2, 0.25) is 0 Å². The smallest absolute Gasteiger partial charge is 0.346 e. The number of nitrogens with zero attached hydrogens (tertiary/aromatic N) is 1. The van der Waals surface area contributed by atoms with E-state index >= 15 is 0 Å². The van der Waals surface area contributed by atoms with Gasteiger partial charge in [0.05, 0.1) is 19.8 Å². The lowest BCUT2D eigenvalue weighted by molar-refractivity contribution is -0.158. The summed E-state index contributed by atoms with van der Waals surface area (Å²) >= 11 is 0. The van der Waals surface area contributed by atoms with Crippen molar-refractivity contribution in [1.29, 1.82) is 0 Å². The molecule has 3 N–H and O–H groups in total. The van der Waals surface area contributed by atoms with Crippen LogP contribution in [0.1, 0.15) is 6.92 Å². The number of nitrogens with one attached hydrogen (secondary N) is 1. The molecule has 0 bridgehead atoms. The molecular formula is C8H16N2O5. The van der Waals surface area contributed by atoms with Gasteiger partial charge in [-0.25, -0.2) is 4.79 Å². The summed E-state index contributed by atoms with van der Waals surface area (Å²) in [6.45, 7) is 1.40. The second-order valence-corrected chi connectivity index (χ2v) is 2.86. The second-order valence-electron chi connectivity index (χ2n) is 2.86. The Balaban J connectivity index is 3.82. The van der Waals surface area contributed by atoms with Gasteiger partial charge in [0.25, 0.3) is 0 Å². The lowest BCUT2D eigenvalue weighted by atomic mass is 10.4. The van der Waals surface area contributed by atoms with Crippen LogP contribution < -0.4 is 5.48 Å². The third kappa shape index (κ3) is 7.86. The fourth-order valence-corrected chi connectivity index (χ4v) is 0.896. The van der Waals surface area contributed by atoms with Gasteiger partial charge in [-0.1, -0.05) is 0 Å². The Morgan fingerprint density at radius 3 is 2.20 bits per heavy atom. The topological polar surface area (TPSA) is 99.1 Å². The standard InChI is InChI=1S/C8H16N2O5/c1-7(13)9-15-8(14)6-10(2-4-11)3-5-12/h11-12H,2-6H2,1H3,(H,9,13). The molecule has 0 heterocycles. The summed E-state index contributed by atoms with van der Waals surface area (Å²) in [4.78, 5) is 27.4. The average Bonchev–Trinajstić information content (AvgIpc) is 2.15. The highest BCUT2D eigenvalue weighted by atomic mass is 16.7. The summed E-state index contributed by atoms with van der Waals surface area (Å²) in [5, 5.41) is 17.3. The molecule has 88 valence electrons. The summed E-state index contributed by atoms with van der Waals surface area (Å²) in [5.41, 5.74) is 1.89. The first-order chi connectivity index (χ1) is 7.10. The van der Waals surface area contributed by atoms with Gasteiger partial charge in [0.2, 0.25) is 5.91 Å². The highest BCUT2D eigenvalue weighted by Gasteiger charge is 2.11. The van der Waals surface area contributed by atoms with Gasteiger partial charge in [0.1, 0.15) is 0 Å². The molecule has 0 aromatic carbocycles. The monoisotopic (exact) mass is 220 g/mol. The van der Waals surface area contributed by atoms with Crippen molar-refractivity contribution in [2.45, 2.75) is 6.92 Å². The molecule has 0 aliphatic carbocycles. The molecule has 0 aromatic heterocycles. The summed E-state index contributed by atoms with van der Waals surface area (Å²) in [7, 11) is 0. The highest BCUT2D eigenvalue weighted by molar-refractivity contribution is 5.76. The third-order valence-corrected chi connectivity index (χ3v) is 1.49. The Morgan fingerprint density at radius 1 is 1.27 bits per heavy atom. The predicted octanol–water partition coefficient (Wildman–Crippen LogP) is -2.13. The van der Waals surface area contributed by atoms with Crippen molar-refractivity contribution in [3.63, 3.8) is 0 Å². The van der Waals surface area contributed by atoms with E-state index in [9.17, 15) is 9.59 Å². The molecule has 0 radical (unpaired) electrons. The number of hydrogen-bond acceptors (Lipinski definition) is 6. The lowest BCUT2D eigenvalue weighted by Crippen LogP contribution is -2.37. The van der Waals surface area contributed by atoms with E-state index in [0.717, 1.165) is 0 Å². The van der Waals surface area contributed by atoms with E-state index in [-0.39, 0.29) is 32.8 Å². The molecule has 0 aliphatic rings. The number of aliphatic hydroxyl groups is 2. The Bertz CT molecular complexity index is 203. The maximum absolute atomic E-state index is 11.1. The normalized spacial score (nSPS) is 10.1. The molecule has 0 rings (SSSR count). The van der Waals surface area contributed by atoms with E-state index in [1.807, 2.05) is 5.48 Å². The minimum absolute atomic E-state index is 0.0958. The Labute approximate surface area is 87.6 Å². The fourth-order valence-electron chi connectivity index (χ4n) is 0.896. The maximum Gasteiger partial charge on any atom is 0.346 e. The van der Waals surface area contributed by atoms with Crippen LogP contribution in [0.3, 0.4) is 0 Å². The summed E-state index contributed by atoms with van der Waals surface area (Å²) in [5.74, 6) is -1.12. The largest absolute Gasteiger partial charge is 0.395 e. The van der Waals surface area contributed by atoms with Crippen molar-refractivity contribution in [3.05, 3.63) is 0 Å². The molecule has 15 heavy (non-hydrogen) atoms. The van der Waals surface area contributed by atoms with Crippen LogP contribution in [-0.2, 0) is 14.4 Å². The average molecular weight is 220 g/mol. The van der Waals surface area contributed by atoms with E-state index < -0.39 is 11.9 Å². The minimum Gasteiger partial charge on any atom is -0.395 e. The van der Waals surface area contributed by atoms with Gasteiger partial charge in [-0.2, -0.15) is 5.48 Å². The van der Waals surface area contributed by atoms with E-state index in [1.165, 1.54) is 11.8 Å². The van der Waals surface area contributed by atoms with Crippen LogP contribution in [0.15, 0.2) is 0 Å². The van der Waals surface area contributed by atoms with Gasteiger partial charge in [0.15, 0.2) is 0 Å². The Kier molecular flexibility index (Phi) is 7.51. The SMILES string of the molecule is CC(=O)NOC(=O)CN(CCO)CCO. The molecule has 7 nitrogen and oxygen atoms in total. The maximum atomic E-state index is 11.1. The lowest BCUT2D eigenvalue weighted by Gasteiger charge is -2.18. The van der Waals surface area contributed by atoms with Gasteiger partial charge >= 0.3 is 5.97 Å². The van der Waals surface area contributed by atoms with Crippen LogP contribution in [-0.4, -0.2) is 59.8 Å². The molecule has 0 unspecified atom stereocenters. The molecule has 0 aliphatic heterocycles. The van der Waals surface area contributed by atoms with Crippen LogP contribution in [0, 0.1) is 0 Å². The van der Waals surface area contributed by atoms with Crippen molar-refractivity contribution in [1.82, 2.24) is 10.4 Å². The number of aliphatic hydroxyl groups excluding tert-OH is 2. The van der Waals surface area contributed by atoms with Crippen molar-refractivity contribution in [3.8, 4) is 0 Å². The van der Waals surface area contributed by atoms with E-state index in [0.29, 0.717) is 0 Å². The zero-order chi connectivity index (χ0) is 11.7. The number of rotatable bonds is 6. The second kappa shape index (κ2) is 8.16. The Morgan fingerprint density at radius 2 is 1.80 bits per heavy atom. The van der Waals surface area contributed by atoms with Gasteiger partial charge in [-0.05, 0) is 0 Å². The van der Waals surface area contributed by atoms with Crippen LogP contribution in [0.4, 0.5) is 0 Å². The summed E-state index contributed by atoms with van der Waals surface area (Å²) in [6, 6.07) is 0. The van der Waals surface area contributed by atoms with Gasteiger partial charge in [-0.15, -0.1) is 0 Å². The fraction of sp³-hybridized carbons (Fsp3) is 0.750. The van der Waals surface area contributed by atoms with Gasteiger partial charge in [0, 0.05) is 20.0 Å². The van der Waals surface area contributed by atoms with Crippen LogP contribution in [0.5, 0.6) is 0 Å². The highest BCUT2D eigenvalue weighted by Crippen LogP contribution is 1.88. The van der Waals surface area contributed by atoms with Crippen LogP contribution >= 0.6 is 0 Å². The first-order valence-corrected chi connectivity index (χ1v) is 4.50. The van der Waals surface area contributed by atoms with Gasteiger partial charge in [-0.3, -0.25) is 9.69 Å². The number of hydroxylamine groups is 1. The van der Waals surface area contributed by atoms with E-state index in [4.69, 9.17) is 10.2 Å². The molecule has 1 amide bonds. The molecule has 0 saturated heterocycles. The Hall–Kier alpha value is -1.18. The van der Waals surface area contributed by atoms with E-state index in [2.05, 4.69) is 4.84 Å². The number of carbonyl (C=O) groups excluding carboxylic acids is 2. The molecule has 7 heteroatoms. The molecule has 0 atom stereocenters. The zero-order valence-corrected chi connectivity index (χ0v) is 8.60.